The molecule has 0 saturated heterocycles. The lowest BCUT2D eigenvalue weighted by Gasteiger charge is -2.18. The van der Waals surface area contributed by atoms with Crippen LogP contribution in [0.25, 0.3) is 0 Å². The molecule has 3 rings (SSSR count). The second kappa shape index (κ2) is 9.37. The van der Waals surface area contributed by atoms with Gasteiger partial charge in [0, 0.05) is 9.77 Å². The number of thiazole rings is 1. The molecule has 2 aromatic rings. The minimum Gasteiger partial charge on any atom is -0.466 e. The number of ether oxygens (including phenoxy) is 1. The first kappa shape index (κ1) is 19.9. The van der Waals surface area contributed by atoms with Crippen LogP contribution in [0.2, 0.25) is 0 Å². The van der Waals surface area contributed by atoms with Crippen molar-refractivity contribution in [2.45, 2.75) is 44.4 Å². The van der Waals surface area contributed by atoms with Crippen molar-refractivity contribution in [1.29, 1.82) is 0 Å². The van der Waals surface area contributed by atoms with E-state index in [9.17, 15) is 9.59 Å². The van der Waals surface area contributed by atoms with Gasteiger partial charge in [-0.25, -0.2) is 4.98 Å². The number of rotatable bonds is 7. The fourth-order valence-electron chi connectivity index (χ4n) is 3.11. The normalized spacial score (nSPS) is 15.9. The molecule has 144 valence electrons. The van der Waals surface area contributed by atoms with E-state index >= 15 is 0 Å². The van der Waals surface area contributed by atoms with Crippen molar-refractivity contribution in [2.75, 3.05) is 17.7 Å². The van der Waals surface area contributed by atoms with Gasteiger partial charge in [0.25, 0.3) is 0 Å². The lowest BCUT2D eigenvalue weighted by molar-refractivity contribution is -0.148. The van der Waals surface area contributed by atoms with Crippen molar-refractivity contribution in [1.82, 2.24) is 4.98 Å². The molecule has 0 fully saturated rings. The lowest BCUT2D eigenvalue weighted by Crippen LogP contribution is -2.24. The second-order valence-corrected chi connectivity index (χ2v) is 8.80. The summed E-state index contributed by atoms with van der Waals surface area (Å²) >= 11 is 3.25. The van der Waals surface area contributed by atoms with Crippen molar-refractivity contribution in [3.8, 4) is 0 Å². The first-order chi connectivity index (χ1) is 13.1. The number of esters is 1. The van der Waals surface area contributed by atoms with E-state index in [1.54, 1.807) is 11.8 Å². The Bertz CT molecular complexity index is 802. The molecule has 0 radical (unpaired) electrons. The van der Waals surface area contributed by atoms with Crippen molar-refractivity contribution in [2.24, 2.45) is 5.92 Å². The van der Waals surface area contributed by atoms with Gasteiger partial charge in [0.15, 0.2) is 5.13 Å². The number of thioether (sulfide) groups is 1. The summed E-state index contributed by atoms with van der Waals surface area (Å²) in [7, 11) is 0. The molecular formula is C20H24N2O3S2. The van der Waals surface area contributed by atoms with E-state index in [2.05, 4.69) is 29.4 Å². The topological polar surface area (TPSA) is 68.3 Å². The van der Waals surface area contributed by atoms with E-state index in [0.717, 1.165) is 34.7 Å². The number of nitrogens with one attached hydrogen (secondary N) is 1. The van der Waals surface area contributed by atoms with E-state index in [0.29, 0.717) is 24.6 Å². The predicted octanol–water partition coefficient (Wildman–Crippen LogP) is 4.10. The third-order valence-corrected chi connectivity index (χ3v) is 6.33. The third kappa shape index (κ3) is 5.32. The van der Waals surface area contributed by atoms with Gasteiger partial charge in [-0.1, -0.05) is 19.1 Å². The first-order valence-corrected chi connectivity index (χ1v) is 11.1. The Kier molecular flexibility index (Phi) is 6.90. The molecule has 1 atom stereocenters. The summed E-state index contributed by atoms with van der Waals surface area (Å²) in [5.41, 5.74) is 1.98. The van der Waals surface area contributed by atoms with Gasteiger partial charge >= 0.3 is 5.97 Å². The van der Waals surface area contributed by atoms with Crippen LogP contribution >= 0.6 is 23.1 Å². The molecule has 0 aliphatic heterocycles. The summed E-state index contributed by atoms with van der Waals surface area (Å²) in [4.78, 5) is 31.1. The van der Waals surface area contributed by atoms with Crippen LogP contribution in [0, 0.1) is 5.92 Å². The van der Waals surface area contributed by atoms with Crippen LogP contribution < -0.4 is 5.32 Å². The Labute approximate surface area is 167 Å². The maximum Gasteiger partial charge on any atom is 0.309 e. The number of anilines is 1. The fourth-order valence-corrected chi connectivity index (χ4v) is 4.87. The number of amides is 1. The van der Waals surface area contributed by atoms with Crippen molar-refractivity contribution < 1.29 is 14.3 Å². The van der Waals surface area contributed by atoms with Gasteiger partial charge < -0.3 is 10.1 Å². The van der Waals surface area contributed by atoms with Gasteiger partial charge in [-0.2, -0.15) is 0 Å². The van der Waals surface area contributed by atoms with E-state index in [1.807, 2.05) is 19.1 Å². The van der Waals surface area contributed by atoms with E-state index in [4.69, 9.17) is 4.74 Å². The quantitative estimate of drug-likeness (QED) is 0.556. The molecule has 7 heteroatoms. The van der Waals surface area contributed by atoms with Crippen LogP contribution in [0.5, 0.6) is 0 Å². The number of aryl methyl sites for hydroxylation is 1. The molecule has 0 spiro atoms. The molecule has 1 heterocycles. The number of hydrogen-bond acceptors (Lipinski definition) is 6. The minimum absolute atomic E-state index is 0.0704. The maximum atomic E-state index is 12.3. The SMILES string of the molecule is CCOC(=O)C1CCc2nc(NC(=O)Cc3ccc(SCC)cc3)sc2C1. The number of fused-ring (bicyclic) bond motifs is 1. The van der Waals surface area contributed by atoms with Crippen LogP contribution in [0.4, 0.5) is 5.13 Å². The number of carbonyl (C=O) groups is 2. The molecule has 1 unspecified atom stereocenters. The van der Waals surface area contributed by atoms with Gasteiger partial charge in [-0.15, -0.1) is 23.1 Å². The van der Waals surface area contributed by atoms with Crippen LogP contribution in [0.3, 0.4) is 0 Å². The number of benzene rings is 1. The Morgan fingerprint density at radius 1 is 1.30 bits per heavy atom. The van der Waals surface area contributed by atoms with Crippen molar-refractivity contribution in [3.05, 3.63) is 40.4 Å². The zero-order valence-corrected chi connectivity index (χ0v) is 17.3. The highest BCUT2D eigenvalue weighted by molar-refractivity contribution is 7.99. The van der Waals surface area contributed by atoms with Gasteiger partial charge in [-0.3, -0.25) is 9.59 Å². The molecule has 27 heavy (non-hydrogen) atoms. The van der Waals surface area contributed by atoms with Gasteiger partial charge in [0.2, 0.25) is 5.91 Å². The van der Waals surface area contributed by atoms with Crippen molar-refractivity contribution in [3.63, 3.8) is 0 Å². The van der Waals surface area contributed by atoms with Crippen LogP contribution in [0.15, 0.2) is 29.2 Å². The molecule has 1 aromatic carbocycles. The fraction of sp³-hybridized carbons (Fsp3) is 0.450. The molecule has 1 N–H and O–H groups in total. The van der Waals surface area contributed by atoms with E-state index < -0.39 is 0 Å². The highest BCUT2D eigenvalue weighted by Gasteiger charge is 2.28. The summed E-state index contributed by atoms with van der Waals surface area (Å²) in [6.45, 7) is 4.35. The molecule has 5 nitrogen and oxygen atoms in total. The smallest absolute Gasteiger partial charge is 0.309 e. The van der Waals surface area contributed by atoms with Crippen LogP contribution in [0.1, 0.15) is 36.4 Å². The van der Waals surface area contributed by atoms with Gasteiger partial charge in [0.05, 0.1) is 24.6 Å². The molecular weight excluding hydrogens is 380 g/mol. The molecule has 1 aromatic heterocycles. The monoisotopic (exact) mass is 404 g/mol. The third-order valence-electron chi connectivity index (χ3n) is 4.40. The average molecular weight is 405 g/mol. The summed E-state index contributed by atoms with van der Waals surface area (Å²) < 4.78 is 5.13. The van der Waals surface area contributed by atoms with Gasteiger partial charge in [-0.05, 0) is 49.6 Å². The van der Waals surface area contributed by atoms with E-state index in [-0.39, 0.29) is 17.8 Å². The molecule has 1 amide bonds. The molecule has 1 aliphatic carbocycles. The van der Waals surface area contributed by atoms with Crippen LogP contribution in [-0.2, 0) is 33.6 Å². The van der Waals surface area contributed by atoms with E-state index in [1.165, 1.54) is 16.2 Å². The Morgan fingerprint density at radius 2 is 2.07 bits per heavy atom. The Hall–Kier alpha value is -1.86. The van der Waals surface area contributed by atoms with Crippen LogP contribution in [-0.4, -0.2) is 29.2 Å². The standard InChI is InChI=1S/C20H24N2O3S2/c1-3-25-19(24)14-7-10-16-17(12-14)27-20(21-16)22-18(23)11-13-5-8-15(9-6-13)26-4-2/h5-6,8-9,14H,3-4,7,10-12H2,1-2H3,(H,21,22,23). The maximum absolute atomic E-state index is 12.3. The Balaban J connectivity index is 1.57. The number of aromatic nitrogens is 1. The summed E-state index contributed by atoms with van der Waals surface area (Å²) in [6.07, 6.45) is 2.48. The molecule has 0 bridgehead atoms. The second-order valence-electron chi connectivity index (χ2n) is 6.38. The predicted molar refractivity (Wildman–Crippen MR) is 109 cm³/mol. The first-order valence-electron chi connectivity index (χ1n) is 9.25. The largest absolute Gasteiger partial charge is 0.466 e. The molecule has 1 aliphatic rings. The highest BCUT2D eigenvalue weighted by Crippen LogP contribution is 2.33. The highest BCUT2D eigenvalue weighted by atomic mass is 32.2. The number of hydrogen-bond donors (Lipinski definition) is 1. The lowest BCUT2D eigenvalue weighted by atomic mass is 9.91. The minimum atomic E-state index is -0.133. The summed E-state index contributed by atoms with van der Waals surface area (Å²) in [6, 6.07) is 8.09. The Morgan fingerprint density at radius 3 is 2.78 bits per heavy atom. The summed E-state index contributed by atoms with van der Waals surface area (Å²) in [5, 5.41) is 3.52. The molecule has 0 saturated carbocycles. The van der Waals surface area contributed by atoms with Crippen molar-refractivity contribution >= 4 is 40.1 Å². The average Bonchev–Trinajstić information content (AvgIpc) is 3.05. The van der Waals surface area contributed by atoms with Gasteiger partial charge in [0.1, 0.15) is 0 Å². The zero-order chi connectivity index (χ0) is 19.2. The number of carbonyl (C=O) groups excluding carboxylic acids is 2. The zero-order valence-electron chi connectivity index (χ0n) is 15.6. The summed E-state index contributed by atoms with van der Waals surface area (Å²) in [5.74, 6) is 0.734. The number of nitrogens with zero attached hydrogens (tertiary/aromatic N) is 1.